The molecule has 0 amide bonds. The second kappa shape index (κ2) is 11.4. The Labute approximate surface area is 205 Å². The van der Waals surface area contributed by atoms with Crippen molar-refractivity contribution in [3.8, 4) is 0 Å². The smallest absolute Gasteiger partial charge is 0.00131 e. The van der Waals surface area contributed by atoms with Gasteiger partial charge in [-0.25, -0.2) is 0 Å². The van der Waals surface area contributed by atoms with Crippen molar-refractivity contribution in [2.45, 2.75) is 125 Å². The van der Waals surface area contributed by atoms with E-state index in [0.717, 1.165) is 0 Å². The molecule has 0 atom stereocenters. The van der Waals surface area contributed by atoms with Gasteiger partial charge in [-0.05, 0) is 69.5 Å². The van der Waals surface area contributed by atoms with E-state index in [4.69, 9.17) is 0 Å². The summed E-state index contributed by atoms with van der Waals surface area (Å²) >= 11 is 0. The highest BCUT2D eigenvalue weighted by Crippen LogP contribution is 2.63. The minimum absolute atomic E-state index is 0.169. The molecule has 0 heterocycles. The molecule has 0 spiro atoms. The van der Waals surface area contributed by atoms with Crippen molar-refractivity contribution in [1.82, 2.24) is 0 Å². The van der Waals surface area contributed by atoms with Crippen molar-refractivity contribution in [2.75, 3.05) is 0 Å². The van der Waals surface area contributed by atoms with Crippen LogP contribution in [0.4, 0.5) is 0 Å². The molecule has 0 aromatic carbocycles. The van der Waals surface area contributed by atoms with E-state index in [-0.39, 0.29) is 16.2 Å². The Hall–Kier alpha value is -0.260. The van der Waals surface area contributed by atoms with Crippen LogP contribution in [0.1, 0.15) is 125 Å². The molecule has 0 saturated carbocycles. The van der Waals surface area contributed by atoms with Crippen molar-refractivity contribution >= 4 is 0 Å². The van der Waals surface area contributed by atoms with Gasteiger partial charge in [0.2, 0.25) is 0 Å². The average molecular weight is 449 g/mol. The second-order valence-corrected chi connectivity index (χ2v) is 13.8. The summed E-state index contributed by atoms with van der Waals surface area (Å²) in [5.74, 6) is 5.36. The summed E-state index contributed by atoms with van der Waals surface area (Å²) in [7, 11) is 0. The van der Waals surface area contributed by atoms with Crippen molar-refractivity contribution in [3.63, 3.8) is 0 Å². The highest BCUT2D eigenvalue weighted by atomic mass is 14.6. The van der Waals surface area contributed by atoms with Crippen LogP contribution in [0.5, 0.6) is 0 Å². The van der Waals surface area contributed by atoms with E-state index in [1.165, 1.54) is 0 Å². The maximum atomic E-state index is 2.91. The van der Waals surface area contributed by atoms with Crippen LogP contribution in [0.3, 0.4) is 0 Å². The lowest BCUT2D eigenvalue weighted by molar-refractivity contribution is -0.00539. The molecule has 0 nitrogen and oxygen atoms in total. The summed E-state index contributed by atoms with van der Waals surface area (Å²) in [6, 6.07) is 0. The largest absolute Gasteiger partial charge is 0.0772 e. The van der Waals surface area contributed by atoms with Crippen LogP contribution >= 0.6 is 0 Å². The standard InChI is InChI=1S/C32H64/c1-20(2)30(21(3)4,22(5)6)19-29(31(23(7)8,24(9)10)25(11)12)32(26(13)14,27(15)16)28(17)18/h19-28H,1-18H3. The van der Waals surface area contributed by atoms with Gasteiger partial charge in [0.25, 0.3) is 0 Å². The van der Waals surface area contributed by atoms with E-state index in [0.29, 0.717) is 53.3 Å². The van der Waals surface area contributed by atoms with Crippen LogP contribution in [0.25, 0.3) is 0 Å². The van der Waals surface area contributed by atoms with E-state index >= 15 is 0 Å². The first-order valence-electron chi connectivity index (χ1n) is 14.1. The third kappa shape index (κ3) is 4.91. The quantitative estimate of drug-likeness (QED) is 0.260. The van der Waals surface area contributed by atoms with Crippen molar-refractivity contribution in [3.05, 3.63) is 11.6 Å². The van der Waals surface area contributed by atoms with Gasteiger partial charge in [0, 0.05) is 0 Å². The van der Waals surface area contributed by atoms with E-state index in [9.17, 15) is 0 Å². The summed E-state index contributed by atoms with van der Waals surface area (Å²) in [5, 5.41) is 0. The lowest BCUT2D eigenvalue weighted by Crippen LogP contribution is -2.53. The summed E-state index contributed by atoms with van der Waals surface area (Å²) < 4.78 is 0. The Kier molecular flexibility index (Phi) is 11.4. The molecule has 0 aliphatic heterocycles. The van der Waals surface area contributed by atoms with Crippen LogP contribution in [0.15, 0.2) is 11.6 Å². The van der Waals surface area contributed by atoms with Gasteiger partial charge < -0.3 is 0 Å². The van der Waals surface area contributed by atoms with Gasteiger partial charge in [-0.2, -0.15) is 0 Å². The van der Waals surface area contributed by atoms with Crippen LogP contribution in [-0.2, 0) is 0 Å². The lowest BCUT2D eigenvalue weighted by atomic mass is 9.44. The summed E-state index contributed by atoms with van der Waals surface area (Å²) in [6.07, 6.45) is 2.91. The molecule has 0 rings (SSSR count). The fraction of sp³-hybridized carbons (Fsp3) is 0.938. The molecule has 0 fully saturated rings. The summed E-state index contributed by atoms with van der Waals surface area (Å²) in [5.41, 5.74) is 2.32. The minimum atomic E-state index is 0.169. The highest BCUT2D eigenvalue weighted by molar-refractivity contribution is 5.32. The number of hydrogen-bond acceptors (Lipinski definition) is 0. The normalized spacial score (nSPS) is 14.6. The van der Waals surface area contributed by atoms with E-state index in [1.807, 2.05) is 0 Å². The molecular weight excluding hydrogens is 384 g/mol. The van der Waals surface area contributed by atoms with Gasteiger partial charge in [-0.3, -0.25) is 0 Å². The number of allylic oxidation sites excluding steroid dienone is 2. The predicted octanol–water partition coefficient (Wildman–Crippen LogP) is 10.8. The van der Waals surface area contributed by atoms with Gasteiger partial charge in [-0.1, -0.05) is 136 Å². The second-order valence-electron chi connectivity index (χ2n) is 13.8. The van der Waals surface area contributed by atoms with Gasteiger partial charge >= 0.3 is 0 Å². The third-order valence-electron chi connectivity index (χ3n) is 10.1. The molecule has 0 N–H and O–H groups in total. The van der Waals surface area contributed by atoms with Crippen LogP contribution in [0.2, 0.25) is 0 Å². The van der Waals surface area contributed by atoms with Crippen LogP contribution < -0.4 is 0 Å². The highest BCUT2D eigenvalue weighted by Gasteiger charge is 2.56. The summed E-state index contributed by atoms with van der Waals surface area (Å²) in [6.45, 7) is 44.8. The maximum Gasteiger partial charge on any atom is -0.00131 e. The van der Waals surface area contributed by atoms with Gasteiger partial charge in [-0.15, -0.1) is 0 Å². The molecule has 0 aromatic rings. The van der Waals surface area contributed by atoms with Crippen molar-refractivity contribution in [1.29, 1.82) is 0 Å². The predicted molar refractivity (Wildman–Crippen MR) is 149 cm³/mol. The maximum absolute atomic E-state index is 2.91. The Bertz CT molecular complexity index is 478. The first-order chi connectivity index (χ1) is 14.3. The fourth-order valence-corrected chi connectivity index (χ4v) is 9.24. The topological polar surface area (TPSA) is 0 Å². The molecule has 0 aliphatic rings. The SMILES string of the molecule is CC(C)C(C=C(C(C(C)C)(C(C)C)C(C)C)C(C(C)C)(C(C)C)C(C)C)(C(C)C)C(C)C. The van der Waals surface area contributed by atoms with E-state index < -0.39 is 0 Å². The number of hydrogen-bond donors (Lipinski definition) is 0. The van der Waals surface area contributed by atoms with E-state index in [2.05, 4.69) is 131 Å². The zero-order chi connectivity index (χ0) is 26.0. The van der Waals surface area contributed by atoms with Gasteiger partial charge in [0.05, 0.1) is 0 Å². The number of rotatable bonds is 12. The molecule has 32 heavy (non-hydrogen) atoms. The van der Waals surface area contributed by atoms with Crippen molar-refractivity contribution in [2.24, 2.45) is 69.5 Å². The van der Waals surface area contributed by atoms with Crippen molar-refractivity contribution < 1.29 is 0 Å². The first-order valence-corrected chi connectivity index (χ1v) is 14.1. The molecule has 0 heteroatoms. The fourth-order valence-electron chi connectivity index (χ4n) is 9.24. The summed E-state index contributed by atoms with van der Waals surface area (Å²) in [4.78, 5) is 0. The molecule has 192 valence electrons. The Morgan fingerprint density at radius 1 is 0.344 bits per heavy atom. The van der Waals surface area contributed by atoms with Crippen LogP contribution in [0, 0.1) is 69.5 Å². The third-order valence-corrected chi connectivity index (χ3v) is 10.1. The zero-order valence-electron chi connectivity index (χ0n) is 25.8. The Morgan fingerprint density at radius 3 is 0.656 bits per heavy atom. The van der Waals surface area contributed by atoms with Gasteiger partial charge in [0.1, 0.15) is 0 Å². The molecule has 0 aliphatic carbocycles. The van der Waals surface area contributed by atoms with Crippen LogP contribution in [-0.4, -0.2) is 0 Å². The molecule has 0 saturated heterocycles. The Balaban J connectivity index is 8.21. The minimum Gasteiger partial charge on any atom is -0.0772 e. The monoisotopic (exact) mass is 449 g/mol. The molecule has 0 aromatic heterocycles. The molecular formula is C32H64. The molecule has 0 bridgehead atoms. The van der Waals surface area contributed by atoms with E-state index in [1.54, 1.807) is 5.57 Å². The molecule has 0 radical (unpaired) electrons. The zero-order valence-corrected chi connectivity index (χ0v) is 25.8. The lowest BCUT2D eigenvalue weighted by Gasteiger charge is -2.60. The first kappa shape index (κ1) is 31.7. The average Bonchev–Trinajstić information content (AvgIpc) is 2.56. The molecule has 0 unspecified atom stereocenters. The Morgan fingerprint density at radius 2 is 0.531 bits per heavy atom. The van der Waals surface area contributed by atoms with Gasteiger partial charge in [0.15, 0.2) is 0 Å².